The SMILES string of the molecule is CC(NC1CC1C)C(=O)N1CCCCC1. The summed E-state index contributed by atoms with van der Waals surface area (Å²) >= 11 is 0. The Hall–Kier alpha value is -0.570. The molecule has 0 spiro atoms. The van der Waals surface area contributed by atoms with E-state index in [0.29, 0.717) is 11.9 Å². The molecule has 1 saturated heterocycles. The van der Waals surface area contributed by atoms with Gasteiger partial charge in [-0.3, -0.25) is 4.79 Å². The van der Waals surface area contributed by atoms with E-state index in [-0.39, 0.29) is 6.04 Å². The minimum Gasteiger partial charge on any atom is -0.341 e. The number of rotatable bonds is 3. The molecule has 0 radical (unpaired) electrons. The van der Waals surface area contributed by atoms with E-state index < -0.39 is 0 Å². The first kappa shape index (κ1) is 10.9. The molecule has 3 atom stereocenters. The Balaban J connectivity index is 1.78. The molecule has 1 aliphatic carbocycles. The Morgan fingerprint density at radius 1 is 1.33 bits per heavy atom. The van der Waals surface area contributed by atoms with E-state index in [9.17, 15) is 4.79 Å². The van der Waals surface area contributed by atoms with Crippen LogP contribution in [0.5, 0.6) is 0 Å². The molecule has 3 nitrogen and oxygen atoms in total. The predicted octanol–water partition coefficient (Wildman–Crippen LogP) is 1.39. The normalized spacial score (nSPS) is 32.5. The molecule has 1 amide bonds. The quantitative estimate of drug-likeness (QED) is 0.763. The van der Waals surface area contributed by atoms with Gasteiger partial charge in [-0.2, -0.15) is 0 Å². The van der Waals surface area contributed by atoms with Gasteiger partial charge in [0.1, 0.15) is 0 Å². The molecule has 1 heterocycles. The van der Waals surface area contributed by atoms with Crippen LogP contribution in [-0.4, -0.2) is 36.0 Å². The number of carbonyl (C=O) groups is 1. The summed E-state index contributed by atoms with van der Waals surface area (Å²) in [7, 11) is 0. The summed E-state index contributed by atoms with van der Waals surface area (Å²) in [5.74, 6) is 1.07. The van der Waals surface area contributed by atoms with Gasteiger partial charge in [-0.25, -0.2) is 0 Å². The smallest absolute Gasteiger partial charge is 0.239 e. The Labute approximate surface area is 92.2 Å². The fraction of sp³-hybridized carbons (Fsp3) is 0.917. The van der Waals surface area contributed by atoms with Crippen molar-refractivity contribution in [2.24, 2.45) is 5.92 Å². The lowest BCUT2D eigenvalue weighted by Gasteiger charge is -2.29. The molecular weight excluding hydrogens is 188 g/mol. The number of nitrogens with zero attached hydrogens (tertiary/aromatic N) is 1. The molecule has 3 unspecified atom stereocenters. The number of hydrogen-bond acceptors (Lipinski definition) is 2. The van der Waals surface area contributed by atoms with Crippen LogP contribution in [0.3, 0.4) is 0 Å². The van der Waals surface area contributed by atoms with Gasteiger partial charge in [-0.05, 0) is 38.5 Å². The Morgan fingerprint density at radius 2 is 1.93 bits per heavy atom. The van der Waals surface area contributed by atoms with Gasteiger partial charge in [0.2, 0.25) is 5.91 Å². The van der Waals surface area contributed by atoms with Crippen molar-refractivity contribution < 1.29 is 4.79 Å². The highest BCUT2D eigenvalue weighted by molar-refractivity contribution is 5.81. The lowest BCUT2D eigenvalue weighted by molar-refractivity contribution is -0.134. The van der Waals surface area contributed by atoms with Crippen molar-refractivity contribution in [3.8, 4) is 0 Å². The summed E-state index contributed by atoms with van der Waals surface area (Å²) in [5, 5.41) is 3.41. The van der Waals surface area contributed by atoms with Gasteiger partial charge in [0.25, 0.3) is 0 Å². The summed E-state index contributed by atoms with van der Waals surface area (Å²) in [6.07, 6.45) is 4.87. The monoisotopic (exact) mass is 210 g/mol. The third kappa shape index (κ3) is 2.71. The van der Waals surface area contributed by atoms with Gasteiger partial charge in [0.15, 0.2) is 0 Å². The van der Waals surface area contributed by atoms with Crippen molar-refractivity contribution in [2.45, 2.75) is 51.6 Å². The first-order valence-corrected chi connectivity index (χ1v) is 6.23. The molecule has 2 rings (SSSR count). The third-order valence-corrected chi connectivity index (χ3v) is 3.61. The summed E-state index contributed by atoms with van der Waals surface area (Å²) < 4.78 is 0. The van der Waals surface area contributed by atoms with Crippen LogP contribution in [-0.2, 0) is 4.79 Å². The molecule has 0 aromatic carbocycles. The van der Waals surface area contributed by atoms with Crippen molar-refractivity contribution in [1.82, 2.24) is 10.2 Å². The highest BCUT2D eigenvalue weighted by atomic mass is 16.2. The largest absolute Gasteiger partial charge is 0.341 e. The predicted molar refractivity (Wildman–Crippen MR) is 60.6 cm³/mol. The Bertz CT molecular complexity index is 236. The van der Waals surface area contributed by atoms with Crippen LogP contribution in [0, 0.1) is 5.92 Å². The van der Waals surface area contributed by atoms with E-state index in [1.165, 1.54) is 25.7 Å². The maximum Gasteiger partial charge on any atom is 0.239 e. The van der Waals surface area contributed by atoms with E-state index in [1.807, 2.05) is 11.8 Å². The Kier molecular flexibility index (Phi) is 3.29. The summed E-state index contributed by atoms with van der Waals surface area (Å²) in [5.41, 5.74) is 0. The maximum atomic E-state index is 12.0. The van der Waals surface area contributed by atoms with Crippen LogP contribution in [0.4, 0.5) is 0 Å². The highest BCUT2D eigenvalue weighted by Gasteiger charge is 2.35. The zero-order valence-corrected chi connectivity index (χ0v) is 9.83. The van der Waals surface area contributed by atoms with Crippen LogP contribution in [0.2, 0.25) is 0 Å². The number of carbonyl (C=O) groups excluding carboxylic acids is 1. The zero-order chi connectivity index (χ0) is 10.8. The summed E-state index contributed by atoms with van der Waals surface area (Å²) in [6, 6.07) is 0.604. The molecule has 2 aliphatic rings. The van der Waals surface area contributed by atoms with Crippen molar-refractivity contribution in [2.75, 3.05) is 13.1 Å². The average molecular weight is 210 g/mol. The first-order valence-electron chi connectivity index (χ1n) is 6.23. The second-order valence-corrected chi connectivity index (χ2v) is 5.09. The average Bonchev–Trinajstić information content (AvgIpc) is 2.94. The number of amides is 1. The van der Waals surface area contributed by atoms with E-state index in [0.717, 1.165) is 19.0 Å². The van der Waals surface area contributed by atoms with Gasteiger partial charge >= 0.3 is 0 Å². The molecule has 3 heteroatoms. The van der Waals surface area contributed by atoms with E-state index in [2.05, 4.69) is 12.2 Å². The van der Waals surface area contributed by atoms with E-state index in [1.54, 1.807) is 0 Å². The minimum atomic E-state index is 0.0121. The number of likely N-dealkylation sites (tertiary alicyclic amines) is 1. The summed E-state index contributed by atoms with van der Waals surface area (Å²) in [4.78, 5) is 14.1. The molecule has 1 N–H and O–H groups in total. The lowest BCUT2D eigenvalue weighted by atomic mass is 10.1. The van der Waals surface area contributed by atoms with Crippen LogP contribution in [0.15, 0.2) is 0 Å². The molecule has 86 valence electrons. The number of piperidine rings is 1. The molecule has 1 saturated carbocycles. The standard InChI is InChI=1S/C12H22N2O/c1-9-8-11(9)13-10(2)12(15)14-6-4-3-5-7-14/h9-11,13H,3-8H2,1-2H3. The molecular formula is C12H22N2O. The second kappa shape index (κ2) is 4.52. The third-order valence-electron chi connectivity index (χ3n) is 3.61. The van der Waals surface area contributed by atoms with Crippen molar-refractivity contribution in [1.29, 1.82) is 0 Å². The van der Waals surface area contributed by atoms with Gasteiger partial charge in [-0.15, -0.1) is 0 Å². The minimum absolute atomic E-state index is 0.0121. The molecule has 0 bridgehead atoms. The highest BCUT2D eigenvalue weighted by Crippen LogP contribution is 2.29. The van der Waals surface area contributed by atoms with Crippen LogP contribution < -0.4 is 5.32 Å². The van der Waals surface area contributed by atoms with Crippen molar-refractivity contribution in [3.63, 3.8) is 0 Å². The van der Waals surface area contributed by atoms with Crippen molar-refractivity contribution >= 4 is 5.91 Å². The molecule has 1 aliphatic heterocycles. The van der Waals surface area contributed by atoms with Crippen LogP contribution >= 0.6 is 0 Å². The van der Waals surface area contributed by atoms with Gasteiger partial charge in [-0.1, -0.05) is 6.92 Å². The number of hydrogen-bond donors (Lipinski definition) is 1. The summed E-state index contributed by atoms with van der Waals surface area (Å²) in [6.45, 7) is 6.16. The molecule has 0 aromatic heterocycles. The van der Waals surface area contributed by atoms with Crippen LogP contribution in [0.25, 0.3) is 0 Å². The second-order valence-electron chi connectivity index (χ2n) is 5.09. The Morgan fingerprint density at radius 3 is 2.47 bits per heavy atom. The fourth-order valence-corrected chi connectivity index (χ4v) is 2.33. The van der Waals surface area contributed by atoms with Crippen molar-refractivity contribution in [3.05, 3.63) is 0 Å². The lowest BCUT2D eigenvalue weighted by Crippen LogP contribution is -2.47. The zero-order valence-electron chi connectivity index (χ0n) is 9.83. The topological polar surface area (TPSA) is 32.3 Å². The maximum absolute atomic E-state index is 12.0. The van der Waals surface area contributed by atoms with Gasteiger partial charge < -0.3 is 10.2 Å². The molecule has 15 heavy (non-hydrogen) atoms. The number of nitrogens with one attached hydrogen (secondary N) is 1. The van der Waals surface area contributed by atoms with Gasteiger partial charge in [0, 0.05) is 19.1 Å². The van der Waals surface area contributed by atoms with Gasteiger partial charge in [0.05, 0.1) is 6.04 Å². The van der Waals surface area contributed by atoms with E-state index >= 15 is 0 Å². The van der Waals surface area contributed by atoms with E-state index in [4.69, 9.17) is 0 Å². The molecule has 2 fully saturated rings. The molecule has 0 aromatic rings. The fourth-order valence-electron chi connectivity index (χ4n) is 2.33. The van der Waals surface area contributed by atoms with Crippen LogP contribution in [0.1, 0.15) is 39.5 Å². The first-order chi connectivity index (χ1) is 7.18.